The Labute approximate surface area is 380 Å². The van der Waals surface area contributed by atoms with Crippen molar-refractivity contribution in [3.8, 4) is 89.5 Å². The maximum atomic E-state index is 5.37. The van der Waals surface area contributed by atoms with Crippen molar-refractivity contribution in [2.45, 2.75) is 19.3 Å². The van der Waals surface area contributed by atoms with Gasteiger partial charge in [-0.1, -0.05) is 208 Å². The van der Waals surface area contributed by atoms with Crippen LogP contribution in [0.3, 0.4) is 0 Å². The molecule has 1 aliphatic rings. The molecule has 12 rings (SSSR count). The first-order chi connectivity index (χ1) is 32.0. The van der Waals surface area contributed by atoms with Gasteiger partial charge in [-0.2, -0.15) is 0 Å². The normalized spacial score (nSPS) is 12.6. The van der Waals surface area contributed by atoms with Crippen molar-refractivity contribution in [2.75, 3.05) is 0 Å². The fourth-order valence-corrected chi connectivity index (χ4v) is 10.1. The largest absolute Gasteiger partial charge is 0.228 e. The molecule has 0 fully saturated rings. The SMILES string of the molecule is CC1(C)c2cc3ccccc3cc2-c2c(-c3ccc(-c4ccc(-c5nc(-c6cccc(-c7ccccc7)c6)cc(-c6cccc(-c7ccccc7)c6)n5)c5ccccc45)cc3)cccc21. The smallest absolute Gasteiger partial charge is 0.161 e. The van der Waals surface area contributed by atoms with Crippen molar-refractivity contribution in [1.29, 1.82) is 0 Å². The molecule has 1 aromatic heterocycles. The lowest BCUT2D eigenvalue weighted by Gasteiger charge is -2.22. The Morgan fingerprint density at radius 2 is 0.769 bits per heavy atom. The van der Waals surface area contributed by atoms with Crippen LogP contribution in [0.4, 0.5) is 0 Å². The van der Waals surface area contributed by atoms with Gasteiger partial charge in [0.2, 0.25) is 0 Å². The average Bonchev–Trinajstić information content (AvgIpc) is 3.60. The van der Waals surface area contributed by atoms with Crippen LogP contribution < -0.4 is 0 Å². The van der Waals surface area contributed by atoms with Gasteiger partial charge in [-0.25, -0.2) is 9.97 Å². The quantitative estimate of drug-likeness (QED) is 0.160. The number of nitrogens with zero attached hydrogens (tertiary/aromatic N) is 2. The Kier molecular flexibility index (Phi) is 9.21. The van der Waals surface area contributed by atoms with Gasteiger partial charge in [0, 0.05) is 22.1 Å². The van der Waals surface area contributed by atoms with E-state index in [2.05, 4.69) is 244 Å². The third kappa shape index (κ3) is 6.74. The Morgan fingerprint density at radius 3 is 1.38 bits per heavy atom. The molecule has 0 N–H and O–H groups in total. The highest BCUT2D eigenvalue weighted by molar-refractivity contribution is 6.05. The highest BCUT2D eigenvalue weighted by atomic mass is 14.9. The minimum atomic E-state index is -0.0896. The van der Waals surface area contributed by atoms with Crippen LogP contribution in [0.15, 0.2) is 231 Å². The Hall–Kier alpha value is -8.20. The van der Waals surface area contributed by atoms with Gasteiger partial charge in [0.15, 0.2) is 5.82 Å². The molecule has 0 radical (unpaired) electrons. The van der Waals surface area contributed by atoms with Gasteiger partial charge < -0.3 is 0 Å². The summed E-state index contributed by atoms with van der Waals surface area (Å²) in [7, 11) is 0. The number of hydrogen-bond acceptors (Lipinski definition) is 2. The molecule has 1 heterocycles. The first-order valence-electron chi connectivity index (χ1n) is 22.5. The fraction of sp³-hybridized carbons (Fsp3) is 0.0476. The molecule has 0 saturated carbocycles. The third-order valence-electron chi connectivity index (χ3n) is 13.5. The maximum Gasteiger partial charge on any atom is 0.161 e. The van der Waals surface area contributed by atoms with E-state index < -0.39 is 0 Å². The van der Waals surface area contributed by atoms with Crippen LogP contribution in [0.1, 0.15) is 25.0 Å². The number of aromatic nitrogens is 2. The first-order valence-corrected chi connectivity index (χ1v) is 22.5. The van der Waals surface area contributed by atoms with Crippen molar-refractivity contribution in [1.82, 2.24) is 9.97 Å². The summed E-state index contributed by atoms with van der Waals surface area (Å²) in [6, 6.07) is 83.2. The van der Waals surface area contributed by atoms with Crippen LogP contribution in [0.5, 0.6) is 0 Å². The van der Waals surface area contributed by atoms with E-state index in [1.54, 1.807) is 0 Å². The summed E-state index contributed by atoms with van der Waals surface area (Å²) in [6.45, 7) is 4.73. The third-order valence-corrected chi connectivity index (χ3v) is 13.5. The second-order valence-electron chi connectivity index (χ2n) is 17.7. The molecule has 11 aromatic rings. The van der Waals surface area contributed by atoms with E-state index in [-0.39, 0.29) is 5.41 Å². The zero-order valence-electron chi connectivity index (χ0n) is 36.3. The number of rotatable bonds is 7. The van der Waals surface area contributed by atoms with Gasteiger partial charge in [0.25, 0.3) is 0 Å². The molecule has 2 nitrogen and oxygen atoms in total. The Balaban J connectivity index is 0.962. The highest BCUT2D eigenvalue weighted by Crippen LogP contribution is 2.53. The molecule has 1 aliphatic carbocycles. The van der Waals surface area contributed by atoms with E-state index in [9.17, 15) is 0 Å². The van der Waals surface area contributed by atoms with Gasteiger partial charge in [0.1, 0.15) is 0 Å². The second kappa shape index (κ2) is 15.6. The molecular formula is C63H44N2. The van der Waals surface area contributed by atoms with E-state index in [0.29, 0.717) is 5.82 Å². The molecule has 2 heteroatoms. The van der Waals surface area contributed by atoms with Crippen molar-refractivity contribution in [2.24, 2.45) is 0 Å². The molecule has 306 valence electrons. The van der Waals surface area contributed by atoms with E-state index in [0.717, 1.165) is 50.0 Å². The van der Waals surface area contributed by atoms with Gasteiger partial charge in [-0.3, -0.25) is 0 Å². The van der Waals surface area contributed by atoms with Crippen molar-refractivity contribution in [3.05, 3.63) is 242 Å². The van der Waals surface area contributed by atoms with Crippen LogP contribution in [0.2, 0.25) is 0 Å². The number of benzene rings is 10. The lowest BCUT2D eigenvalue weighted by molar-refractivity contribution is 0.661. The lowest BCUT2D eigenvalue weighted by atomic mass is 9.81. The van der Waals surface area contributed by atoms with Crippen LogP contribution >= 0.6 is 0 Å². The zero-order chi connectivity index (χ0) is 43.5. The standard InChI is InChI=1S/C63H44N2/c1-63(2)57-29-15-28-52(61(57)56-38-47-20-9-10-21-48(47)39-58(56)63)44-32-30-43(31-33-44)51-34-35-55(54-27-12-11-26-53(51)54)62-64-59(49-24-13-22-45(36-49)41-16-5-3-6-17-41)40-60(65-62)50-25-14-23-46(37-50)42-18-7-4-8-19-42/h3-40H,1-2H3. The summed E-state index contributed by atoms with van der Waals surface area (Å²) in [4.78, 5) is 10.7. The summed E-state index contributed by atoms with van der Waals surface area (Å²) in [5.74, 6) is 0.694. The number of fused-ring (bicyclic) bond motifs is 5. The predicted molar refractivity (Wildman–Crippen MR) is 273 cm³/mol. The maximum absolute atomic E-state index is 5.37. The molecule has 0 atom stereocenters. The Morgan fingerprint density at radius 1 is 0.292 bits per heavy atom. The molecule has 0 amide bonds. The minimum Gasteiger partial charge on any atom is -0.228 e. The summed E-state index contributed by atoms with van der Waals surface area (Å²) in [5, 5.41) is 4.84. The number of hydrogen-bond donors (Lipinski definition) is 0. The van der Waals surface area contributed by atoms with Crippen molar-refractivity contribution >= 4 is 21.5 Å². The predicted octanol–water partition coefficient (Wildman–Crippen LogP) is 16.8. The molecule has 0 aliphatic heterocycles. The molecule has 10 aromatic carbocycles. The van der Waals surface area contributed by atoms with Crippen LogP contribution in [-0.2, 0) is 5.41 Å². The molecule has 65 heavy (non-hydrogen) atoms. The van der Waals surface area contributed by atoms with Gasteiger partial charge in [-0.05, 0) is 125 Å². The molecule has 0 spiro atoms. The Bertz CT molecular complexity index is 3500. The van der Waals surface area contributed by atoms with Gasteiger partial charge in [-0.15, -0.1) is 0 Å². The average molecular weight is 829 g/mol. The summed E-state index contributed by atoms with van der Waals surface area (Å²) in [6.07, 6.45) is 0. The molecule has 0 unspecified atom stereocenters. The van der Waals surface area contributed by atoms with Gasteiger partial charge in [0.05, 0.1) is 11.4 Å². The van der Waals surface area contributed by atoms with Crippen molar-refractivity contribution < 1.29 is 0 Å². The lowest BCUT2D eigenvalue weighted by Crippen LogP contribution is -2.14. The van der Waals surface area contributed by atoms with Crippen LogP contribution in [0, 0.1) is 0 Å². The van der Waals surface area contributed by atoms with E-state index in [1.165, 1.54) is 66.4 Å². The molecule has 0 saturated heterocycles. The summed E-state index contributed by atoms with van der Waals surface area (Å²) in [5.41, 5.74) is 19.7. The monoisotopic (exact) mass is 828 g/mol. The van der Waals surface area contributed by atoms with E-state index in [1.807, 2.05) is 0 Å². The van der Waals surface area contributed by atoms with E-state index in [4.69, 9.17) is 9.97 Å². The fourth-order valence-electron chi connectivity index (χ4n) is 10.1. The zero-order valence-corrected chi connectivity index (χ0v) is 36.3. The topological polar surface area (TPSA) is 25.8 Å². The summed E-state index contributed by atoms with van der Waals surface area (Å²) < 4.78 is 0. The van der Waals surface area contributed by atoms with Crippen LogP contribution in [0.25, 0.3) is 111 Å². The molecule has 0 bridgehead atoms. The second-order valence-corrected chi connectivity index (χ2v) is 17.7. The summed E-state index contributed by atoms with van der Waals surface area (Å²) >= 11 is 0. The van der Waals surface area contributed by atoms with Gasteiger partial charge >= 0.3 is 0 Å². The highest BCUT2D eigenvalue weighted by Gasteiger charge is 2.37. The first kappa shape index (κ1) is 38.5. The minimum absolute atomic E-state index is 0.0896. The van der Waals surface area contributed by atoms with Crippen molar-refractivity contribution in [3.63, 3.8) is 0 Å². The van der Waals surface area contributed by atoms with Crippen LogP contribution in [-0.4, -0.2) is 9.97 Å². The molecular weight excluding hydrogens is 785 g/mol. The van der Waals surface area contributed by atoms with E-state index >= 15 is 0 Å².